The Morgan fingerprint density at radius 3 is 2.06 bits per heavy atom. The number of carboxylic acid groups (broad SMARTS) is 1. The van der Waals surface area contributed by atoms with Gasteiger partial charge in [0.15, 0.2) is 5.92 Å². The highest BCUT2D eigenvalue weighted by Gasteiger charge is 2.45. The van der Waals surface area contributed by atoms with Crippen LogP contribution in [0.15, 0.2) is 48.5 Å². The normalized spacial score (nSPS) is 14.5. The zero-order valence-electron chi connectivity index (χ0n) is 18.4. The monoisotopic (exact) mass is 478 g/mol. The molecule has 3 N–H and O–H groups in total. The summed E-state index contributed by atoms with van der Waals surface area (Å²) in [6.07, 6.45) is -6.27. The van der Waals surface area contributed by atoms with Crippen LogP contribution >= 0.6 is 0 Å². The van der Waals surface area contributed by atoms with Gasteiger partial charge in [-0.15, -0.1) is 0 Å². The number of fused-ring (bicyclic) bond motifs is 3. The van der Waals surface area contributed by atoms with Gasteiger partial charge < -0.3 is 20.5 Å². The van der Waals surface area contributed by atoms with Crippen molar-refractivity contribution < 1.29 is 37.4 Å². The quantitative estimate of drug-likeness (QED) is 0.507. The zero-order chi connectivity index (χ0) is 24.9. The van der Waals surface area contributed by atoms with Gasteiger partial charge in [-0.2, -0.15) is 13.2 Å². The van der Waals surface area contributed by atoms with E-state index in [0.29, 0.717) is 0 Å². The second-order valence-electron chi connectivity index (χ2n) is 8.25. The van der Waals surface area contributed by atoms with Gasteiger partial charge in [-0.1, -0.05) is 55.5 Å². The van der Waals surface area contributed by atoms with Gasteiger partial charge in [0.05, 0.1) is 0 Å². The summed E-state index contributed by atoms with van der Waals surface area (Å²) in [5.41, 5.74) is 3.94. The van der Waals surface area contributed by atoms with Crippen molar-refractivity contribution in [1.29, 1.82) is 0 Å². The molecule has 0 spiro atoms. The number of aliphatic carboxylic acids is 1. The molecule has 0 fully saturated rings. The van der Waals surface area contributed by atoms with E-state index in [1.807, 2.05) is 53.8 Å². The second-order valence-corrected chi connectivity index (χ2v) is 8.25. The van der Waals surface area contributed by atoms with Gasteiger partial charge in [0.1, 0.15) is 6.61 Å². The first kappa shape index (κ1) is 25.1. The summed E-state index contributed by atoms with van der Waals surface area (Å²) in [6.45, 7) is 0.184. The van der Waals surface area contributed by atoms with Crippen molar-refractivity contribution in [2.75, 3.05) is 19.7 Å². The lowest BCUT2D eigenvalue weighted by atomic mass is 9.98. The minimum absolute atomic E-state index is 0.0740. The third-order valence-electron chi connectivity index (χ3n) is 5.65. The number of hydrogen-bond donors (Lipinski definition) is 3. The number of hydrogen-bond acceptors (Lipinski definition) is 4. The van der Waals surface area contributed by atoms with Crippen molar-refractivity contribution >= 4 is 18.0 Å². The average molecular weight is 478 g/mol. The van der Waals surface area contributed by atoms with E-state index < -0.39 is 42.5 Å². The highest BCUT2D eigenvalue weighted by molar-refractivity contribution is 5.81. The SMILES string of the molecule is CC(CNC(=O)C(CNC(=O)OCC1c2ccccc2-c2ccccc21)C(F)(F)F)CC(=O)O. The van der Waals surface area contributed by atoms with E-state index in [2.05, 4.69) is 5.32 Å². The van der Waals surface area contributed by atoms with E-state index in [1.54, 1.807) is 0 Å². The molecule has 0 saturated heterocycles. The molecule has 2 aromatic rings. The molecular formula is C24H25F3N2O5. The minimum Gasteiger partial charge on any atom is -0.481 e. The average Bonchev–Trinajstić information content (AvgIpc) is 3.09. The summed E-state index contributed by atoms with van der Waals surface area (Å²) < 4.78 is 45.3. The molecule has 2 unspecified atom stereocenters. The molecule has 7 nitrogen and oxygen atoms in total. The Bertz CT molecular complexity index is 1010. The highest BCUT2D eigenvalue weighted by Crippen LogP contribution is 2.44. The van der Waals surface area contributed by atoms with Crippen LogP contribution in [0.5, 0.6) is 0 Å². The number of alkyl halides is 3. The van der Waals surface area contributed by atoms with Gasteiger partial charge >= 0.3 is 18.2 Å². The fraction of sp³-hybridized carbons (Fsp3) is 0.375. The summed E-state index contributed by atoms with van der Waals surface area (Å²) in [4.78, 5) is 34.9. The molecule has 2 atom stereocenters. The number of carboxylic acids is 1. The van der Waals surface area contributed by atoms with E-state index in [9.17, 15) is 27.6 Å². The number of ether oxygens (including phenoxy) is 1. The molecular weight excluding hydrogens is 453 g/mol. The van der Waals surface area contributed by atoms with Crippen molar-refractivity contribution in [3.05, 3.63) is 59.7 Å². The van der Waals surface area contributed by atoms with Crippen LogP contribution in [0.2, 0.25) is 0 Å². The number of carbonyl (C=O) groups excluding carboxylic acids is 2. The summed E-state index contributed by atoms with van der Waals surface area (Å²) in [7, 11) is 0. The predicted molar refractivity (Wildman–Crippen MR) is 117 cm³/mol. The van der Waals surface area contributed by atoms with Crippen LogP contribution in [-0.4, -0.2) is 48.9 Å². The molecule has 34 heavy (non-hydrogen) atoms. The van der Waals surface area contributed by atoms with Crippen molar-refractivity contribution in [2.45, 2.75) is 25.4 Å². The molecule has 3 rings (SSSR count). The summed E-state index contributed by atoms with van der Waals surface area (Å²) >= 11 is 0. The van der Waals surface area contributed by atoms with Crippen LogP contribution in [0.4, 0.5) is 18.0 Å². The van der Waals surface area contributed by atoms with E-state index in [4.69, 9.17) is 9.84 Å². The molecule has 0 aliphatic heterocycles. The second kappa shape index (κ2) is 10.6. The fourth-order valence-corrected chi connectivity index (χ4v) is 3.96. The maximum absolute atomic E-state index is 13.4. The van der Waals surface area contributed by atoms with Crippen LogP contribution in [0, 0.1) is 11.8 Å². The molecule has 0 heterocycles. The van der Waals surface area contributed by atoms with Gasteiger partial charge in [-0.3, -0.25) is 9.59 Å². The van der Waals surface area contributed by atoms with Gasteiger partial charge in [0.25, 0.3) is 0 Å². The van der Waals surface area contributed by atoms with Crippen LogP contribution in [-0.2, 0) is 14.3 Å². The molecule has 0 bridgehead atoms. The molecule has 1 aliphatic rings. The number of carbonyl (C=O) groups is 3. The molecule has 2 amide bonds. The maximum Gasteiger partial charge on any atom is 0.407 e. The van der Waals surface area contributed by atoms with Crippen LogP contribution in [0.25, 0.3) is 11.1 Å². The Hall–Kier alpha value is -3.56. The lowest BCUT2D eigenvalue weighted by molar-refractivity contribution is -0.181. The Labute approximate surface area is 194 Å². The van der Waals surface area contributed by atoms with Crippen molar-refractivity contribution in [3.8, 4) is 11.1 Å². The van der Waals surface area contributed by atoms with E-state index >= 15 is 0 Å². The van der Waals surface area contributed by atoms with E-state index in [1.165, 1.54) is 6.92 Å². The third-order valence-corrected chi connectivity index (χ3v) is 5.65. The lowest BCUT2D eigenvalue weighted by Gasteiger charge is -2.21. The predicted octanol–water partition coefficient (Wildman–Crippen LogP) is 3.93. The number of benzene rings is 2. The Morgan fingerprint density at radius 1 is 0.971 bits per heavy atom. The first-order valence-electron chi connectivity index (χ1n) is 10.7. The fourth-order valence-electron chi connectivity index (χ4n) is 3.96. The Kier molecular flexibility index (Phi) is 7.80. The first-order valence-corrected chi connectivity index (χ1v) is 10.7. The zero-order valence-corrected chi connectivity index (χ0v) is 18.4. The molecule has 0 radical (unpaired) electrons. The largest absolute Gasteiger partial charge is 0.481 e. The van der Waals surface area contributed by atoms with Crippen molar-refractivity contribution in [3.63, 3.8) is 0 Å². The number of nitrogens with one attached hydrogen (secondary N) is 2. The molecule has 2 aromatic carbocycles. The smallest absolute Gasteiger partial charge is 0.407 e. The lowest BCUT2D eigenvalue weighted by Crippen LogP contribution is -2.47. The molecule has 10 heteroatoms. The summed E-state index contributed by atoms with van der Waals surface area (Å²) in [5.74, 6) is -5.76. The highest BCUT2D eigenvalue weighted by atomic mass is 19.4. The third kappa shape index (κ3) is 6.06. The Morgan fingerprint density at radius 2 is 1.53 bits per heavy atom. The van der Waals surface area contributed by atoms with E-state index in [0.717, 1.165) is 22.3 Å². The van der Waals surface area contributed by atoms with Gasteiger partial charge in [-0.25, -0.2) is 4.79 Å². The summed E-state index contributed by atoms with van der Waals surface area (Å²) in [5, 5.41) is 12.8. The first-order chi connectivity index (χ1) is 16.1. The van der Waals surface area contributed by atoms with Crippen LogP contribution in [0.3, 0.4) is 0 Å². The van der Waals surface area contributed by atoms with Crippen LogP contribution in [0.1, 0.15) is 30.4 Å². The molecule has 0 saturated carbocycles. The van der Waals surface area contributed by atoms with Crippen LogP contribution < -0.4 is 10.6 Å². The van der Waals surface area contributed by atoms with E-state index in [-0.39, 0.29) is 25.5 Å². The molecule has 182 valence electrons. The van der Waals surface area contributed by atoms with Gasteiger partial charge in [0.2, 0.25) is 5.91 Å². The topological polar surface area (TPSA) is 105 Å². The van der Waals surface area contributed by atoms with Gasteiger partial charge in [0, 0.05) is 25.4 Å². The molecule has 0 aromatic heterocycles. The number of halogens is 3. The Balaban J connectivity index is 1.56. The maximum atomic E-state index is 13.4. The number of amides is 2. The van der Waals surface area contributed by atoms with Gasteiger partial charge in [-0.05, 0) is 28.2 Å². The van der Waals surface area contributed by atoms with Crippen molar-refractivity contribution in [2.24, 2.45) is 11.8 Å². The number of alkyl carbamates (subject to hydrolysis) is 1. The van der Waals surface area contributed by atoms with Crippen molar-refractivity contribution in [1.82, 2.24) is 10.6 Å². The summed E-state index contributed by atoms with van der Waals surface area (Å²) in [6, 6.07) is 15.3. The minimum atomic E-state index is -4.91. The standard InChI is InChI=1S/C24H25F3N2O5/c1-14(10-21(30)31)11-28-22(32)20(24(25,26)27)12-29-23(33)34-13-19-17-8-4-2-6-15(17)16-7-3-5-9-18(16)19/h2-9,14,19-20H,10-13H2,1H3,(H,28,32)(H,29,33)(H,30,31). The number of rotatable bonds is 9. The molecule has 1 aliphatic carbocycles.